The molecule has 4 heteroatoms. The highest BCUT2D eigenvalue weighted by atomic mass is 16.5. The number of anilines is 1. The summed E-state index contributed by atoms with van der Waals surface area (Å²) in [5.41, 5.74) is 8.58. The molecule has 3 rings (SSSR count). The maximum absolute atomic E-state index is 5.92. The Morgan fingerprint density at radius 1 is 0.857 bits per heavy atom. The molecule has 0 aliphatic heterocycles. The van der Waals surface area contributed by atoms with Crippen LogP contribution in [0.2, 0.25) is 0 Å². The topological polar surface area (TPSA) is 61.0 Å². The molecular weight excluding hydrogens is 262 g/mol. The molecule has 1 heterocycles. The van der Waals surface area contributed by atoms with Gasteiger partial charge in [0.15, 0.2) is 5.82 Å². The van der Waals surface area contributed by atoms with E-state index in [4.69, 9.17) is 10.5 Å². The smallest absolute Gasteiger partial charge is 0.162 e. The number of ether oxygens (including phenoxy) is 1. The standard InChI is InChI=1S/C17H15N3O/c1-21-14-9-5-8-13(10-14)15-11-16(18)20-17(19-15)12-6-3-2-4-7-12/h2-11H,1H3,(H2,18,19,20). The molecule has 0 fully saturated rings. The van der Waals surface area contributed by atoms with Gasteiger partial charge in [-0.05, 0) is 12.1 Å². The van der Waals surface area contributed by atoms with Gasteiger partial charge in [0.25, 0.3) is 0 Å². The van der Waals surface area contributed by atoms with E-state index in [-0.39, 0.29) is 0 Å². The lowest BCUT2D eigenvalue weighted by Gasteiger charge is -2.07. The lowest BCUT2D eigenvalue weighted by atomic mass is 10.1. The van der Waals surface area contributed by atoms with E-state index in [0.717, 1.165) is 22.6 Å². The van der Waals surface area contributed by atoms with E-state index in [9.17, 15) is 0 Å². The predicted molar refractivity (Wildman–Crippen MR) is 83.9 cm³/mol. The summed E-state index contributed by atoms with van der Waals surface area (Å²) >= 11 is 0. The Hall–Kier alpha value is -2.88. The summed E-state index contributed by atoms with van der Waals surface area (Å²) in [6.45, 7) is 0. The van der Waals surface area contributed by atoms with Gasteiger partial charge in [-0.1, -0.05) is 42.5 Å². The van der Waals surface area contributed by atoms with Gasteiger partial charge in [0.2, 0.25) is 0 Å². The molecule has 0 saturated carbocycles. The van der Waals surface area contributed by atoms with Crippen LogP contribution in [0.1, 0.15) is 0 Å². The Labute approximate surface area is 123 Å². The number of benzene rings is 2. The Bertz CT molecular complexity index is 757. The van der Waals surface area contributed by atoms with Crippen LogP contribution in [-0.2, 0) is 0 Å². The van der Waals surface area contributed by atoms with Crippen molar-refractivity contribution in [3.8, 4) is 28.4 Å². The minimum absolute atomic E-state index is 0.446. The minimum Gasteiger partial charge on any atom is -0.497 e. The van der Waals surface area contributed by atoms with E-state index in [1.54, 1.807) is 13.2 Å². The summed E-state index contributed by atoms with van der Waals surface area (Å²) in [7, 11) is 1.64. The highest BCUT2D eigenvalue weighted by molar-refractivity contribution is 5.67. The fourth-order valence-corrected chi connectivity index (χ4v) is 2.11. The first-order valence-corrected chi connectivity index (χ1v) is 6.60. The second-order valence-corrected chi connectivity index (χ2v) is 4.60. The number of nitrogens with two attached hydrogens (primary N) is 1. The van der Waals surface area contributed by atoms with Crippen LogP contribution in [0.5, 0.6) is 5.75 Å². The van der Waals surface area contributed by atoms with Crippen LogP contribution < -0.4 is 10.5 Å². The van der Waals surface area contributed by atoms with Gasteiger partial charge in [-0.3, -0.25) is 0 Å². The molecule has 104 valence electrons. The van der Waals surface area contributed by atoms with Crippen molar-refractivity contribution >= 4 is 5.82 Å². The van der Waals surface area contributed by atoms with E-state index >= 15 is 0 Å². The molecule has 4 nitrogen and oxygen atoms in total. The zero-order valence-electron chi connectivity index (χ0n) is 11.7. The number of aromatic nitrogens is 2. The van der Waals surface area contributed by atoms with Crippen LogP contribution in [-0.4, -0.2) is 17.1 Å². The average Bonchev–Trinajstić information content (AvgIpc) is 2.55. The lowest BCUT2D eigenvalue weighted by molar-refractivity contribution is 0.415. The summed E-state index contributed by atoms with van der Waals surface area (Å²) in [5.74, 6) is 1.85. The zero-order chi connectivity index (χ0) is 14.7. The summed E-state index contributed by atoms with van der Waals surface area (Å²) in [4.78, 5) is 8.91. The third kappa shape index (κ3) is 2.84. The summed E-state index contributed by atoms with van der Waals surface area (Å²) in [5, 5.41) is 0. The van der Waals surface area contributed by atoms with Crippen molar-refractivity contribution in [3.63, 3.8) is 0 Å². The van der Waals surface area contributed by atoms with E-state index in [2.05, 4.69) is 9.97 Å². The SMILES string of the molecule is COc1cccc(-c2cc(N)nc(-c3ccccc3)n2)c1. The molecule has 0 atom stereocenters. The van der Waals surface area contributed by atoms with Gasteiger partial charge in [0, 0.05) is 17.2 Å². The van der Waals surface area contributed by atoms with Crippen molar-refractivity contribution in [2.24, 2.45) is 0 Å². The highest BCUT2D eigenvalue weighted by Gasteiger charge is 2.07. The Kier molecular flexibility index (Phi) is 3.51. The van der Waals surface area contributed by atoms with E-state index < -0.39 is 0 Å². The van der Waals surface area contributed by atoms with Gasteiger partial charge in [0.1, 0.15) is 11.6 Å². The molecule has 2 N–H and O–H groups in total. The summed E-state index contributed by atoms with van der Waals surface area (Å²) in [6, 6.07) is 19.3. The second-order valence-electron chi connectivity index (χ2n) is 4.60. The van der Waals surface area contributed by atoms with Crippen molar-refractivity contribution in [1.82, 2.24) is 9.97 Å². The van der Waals surface area contributed by atoms with Gasteiger partial charge in [-0.25, -0.2) is 9.97 Å². The largest absolute Gasteiger partial charge is 0.497 e. The van der Waals surface area contributed by atoms with Crippen LogP contribution in [0, 0.1) is 0 Å². The summed E-state index contributed by atoms with van der Waals surface area (Å²) in [6.07, 6.45) is 0. The van der Waals surface area contributed by atoms with Crippen molar-refractivity contribution in [2.75, 3.05) is 12.8 Å². The number of nitrogen functional groups attached to an aromatic ring is 1. The molecule has 21 heavy (non-hydrogen) atoms. The number of rotatable bonds is 3. The second kappa shape index (κ2) is 5.63. The van der Waals surface area contributed by atoms with Crippen LogP contribution in [0.3, 0.4) is 0 Å². The molecule has 1 aromatic heterocycles. The first-order valence-electron chi connectivity index (χ1n) is 6.60. The molecule has 0 spiro atoms. The van der Waals surface area contributed by atoms with Gasteiger partial charge in [-0.15, -0.1) is 0 Å². The molecule has 0 bridgehead atoms. The monoisotopic (exact) mass is 277 g/mol. The molecule has 0 unspecified atom stereocenters. The van der Waals surface area contributed by atoms with Crippen molar-refractivity contribution < 1.29 is 4.74 Å². The Morgan fingerprint density at radius 2 is 1.62 bits per heavy atom. The Balaban J connectivity index is 2.09. The van der Waals surface area contributed by atoms with Crippen molar-refractivity contribution in [1.29, 1.82) is 0 Å². The molecule has 0 amide bonds. The molecular formula is C17H15N3O. The van der Waals surface area contributed by atoms with Crippen LogP contribution in [0.25, 0.3) is 22.6 Å². The van der Waals surface area contributed by atoms with Gasteiger partial charge < -0.3 is 10.5 Å². The maximum atomic E-state index is 5.92. The Morgan fingerprint density at radius 3 is 2.38 bits per heavy atom. The van der Waals surface area contributed by atoms with Gasteiger partial charge in [0.05, 0.1) is 12.8 Å². The van der Waals surface area contributed by atoms with Crippen LogP contribution in [0.15, 0.2) is 60.7 Å². The molecule has 0 aliphatic carbocycles. The van der Waals surface area contributed by atoms with Crippen LogP contribution >= 0.6 is 0 Å². The fraction of sp³-hybridized carbons (Fsp3) is 0.0588. The molecule has 2 aromatic carbocycles. The molecule has 0 aliphatic rings. The number of methoxy groups -OCH3 is 1. The third-order valence-corrected chi connectivity index (χ3v) is 3.14. The molecule has 0 saturated heterocycles. The molecule has 3 aromatic rings. The van der Waals surface area contributed by atoms with Crippen molar-refractivity contribution in [2.45, 2.75) is 0 Å². The van der Waals surface area contributed by atoms with E-state index in [1.165, 1.54) is 0 Å². The van der Waals surface area contributed by atoms with E-state index in [1.807, 2.05) is 54.6 Å². The van der Waals surface area contributed by atoms with Crippen LogP contribution in [0.4, 0.5) is 5.82 Å². The predicted octanol–water partition coefficient (Wildman–Crippen LogP) is 3.40. The van der Waals surface area contributed by atoms with E-state index in [0.29, 0.717) is 11.6 Å². The van der Waals surface area contributed by atoms with Crippen molar-refractivity contribution in [3.05, 3.63) is 60.7 Å². The molecule has 0 radical (unpaired) electrons. The normalized spacial score (nSPS) is 10.3. The number of hydrogen-bond donors (Lipinski definition) is 1. The first-order chi connectivity index (χ1) is 10.3. The maximum Gasteiger partial charge on any atom is 0.162 e. The van der Waals surface area contributed by atoms with Gasteiger partial charge >= 0.3 is 0 Å². The first kappa shape index (κ1) is 13.1. The zero-order valence-corrected chi connectivity index (χ0v) is 11.7. The quantitative estimate of drug-likeness (QED) is 0.797. The number of hydrogen-bond acceptors (Lipinski definition) is 4. The summed E-state index contributed by atoms with van der Waals surface area (Å²) < 4.78 is 5.25. The highest BCUT2D eigenvalue weighted by Crippen LogP contribution is 2.25. The lowest BCUT2D eigenvalue weighted by Crippen LogP contribution is -1.98. The van der Waals surface area contributed by atoms with Gasteiger partial charge in [-0.2, -0.15) is 0 Å². The average molecular weight is 277 g/mol. The third-order valence-electron chi connectivity index (χ3n) is 3.14. The fourth-order valence-electron chi connectivity index (χ4n) is 2.11. The number of nitrogens with zero attached hydrogens (tertiary/aromatic N) is 2. The minimum atomic E-state index is 0.446.